The number of urea groups is 1. The van der Waals surface area contributed by atoms with Gasteiger partial charge in [0.25, 0.3) is 0 Å². The fraction of sp³-hybridized carbons (Fsp3) is 0.312. The monoisotopic (exact) mass is 422 g/mol. The molecule has 8 nitrogen and oxygen atoms in total. The highest BCUT2D eigenvalue weighted by Crippen LogP contribution is 2.27. The first kappa shape index (κ1) is 19.5. The zero-order valence-corrected chi connectivity index (χ0v) is 17.2. The molecule has 0 aliphatic rings. The lowest BCUT2D eigenvalue weighted by Gasteiger charge is -2.17. The van der Waals surface area contributed by atoms with E-state index in [2.05, 4.69) is 25.8 Å². The van der Waals surface area contributed by atoms with Crippen molar-refractivity contribution in [3.05, 3.63) is 24.3 Å². The van der Waals surface area contributed by atoms with Gasteiger partial charge in [0.05, 0.1) is 16.0 Å². The molecule has 0 radical (unpaired) electrons. The van der Waals surface area contributed by atoms with Gasteiger partial charge in [-0.1, -0.05) is 46.6 Å². The second-order valence-corrected chi connectivity index (χ2v) is 8.53. The number of nitrogens with zero attached hydrogens (tertiary/aromatic N) is 4. The highest BCUT2D eigenvalue weighted by Gasteiger charge is 2.14. The van der Waals surface area contributed by atoms with Gasteiger partial charge >= 0.3 is 6.03 Å². The van der Waals surface area contributed by atoms with Crippen LogP contribution < -0.4 is 10.6 Å². The molecule has 142 valence electrons. The van der Waals surface area contributed by atoms with E-state index in [0.717, 1.165) is 10.2 Å². The number of hydrogen-bond acceptors (Lipinski definition) is 8. The van der Waals surface area contributed by atoms with E-state index in [1.807, 2.05) is 38.1 Å². The fourth-order valence-electron chi connectivity index (χ4n) is 2.21. The molecule has 1 aromatic carbocycles. The Hall–Kier alpha value is -2.24. The molecule has 0 aliphatic carbocycles. The molecule has 0 aliphatic heterocycles. The van der Waals surface area contributed by atoms with Crippen molar-refractivity contribution in [1.29, 1.82) is 0 Å². The fourth-order valence-corrected chi connectivity index (χ4v) is 4.63. The number of hydrogen-bond donors (Lipinski definition) is 2. The summed E-state index contributed by atoms with van der Waals surface area (Å²) in [5.74, 6) is 0.0251. The van der Waals surface area contributed by atoms with Gasteiger partial charge in [0, 0.05) is 13.1 Å². The Morgan fingerprint density at radius 3 is 2.59 bits per heavy atom. The normalized spacial score (nSPS) is 10.7. The summed E-state index contributed by atoms with van der Waals surface area (Å²) in [6, 6.07) is 7.52. The summed E-state index contributed by atoms with van der Waals surface area (Å²) in [6.07, 6.45) is 0. The molecule has 3 amide bonds. The van der Waals surface area contributed by atoms with E-state index in [9.17, 15) is 9.59 Å². The van der Waals surface area contributed by atoms with Crippen LogP contribution in [0.5, 0.6) is 0 Å². The molecule has 0 atom stereocenters. The van der Waals surface area contributed by atoms with Gasteiger partial charge in [0.1, 0.15) is 0 Å². The van der Waals surface area contributed by atoms with Crippen LogP contribution >= 0.6 is 34.4 Å². The average molecular weight is 423 g/mol. The first-order chi connectivity index (χ1) is 13.1. The van der Waals surface area contributed by atoms with Gasteiger partial charge in [0.2, 0.25) is 11.0 Å². The SMILES string of the molecule is CCN(CC)C(=O)Nc1nnc(SCC(=O)Nc2nc3ccccc3s2)s1. The number of thioether (sulfide) groups is 1. The molecule has 0 fully saturated rings. The number of anilines is 2. The first-order valence-electron chi connectivity index (χ1n) is 8.26. The van der Waals surface area contributed by atoms with E-state index in [0.29, 0.717) is 27.7 Å². The maximum absolute atomic E-state index is 12.1. The number of thiazole rings is 1. The minimum absolute atomic E-state index is 0.164. The molecule has 27 heavy (non-hydrogen) atoms. The largest absolute Gasteiger partial charge is 0.325 e. The number of carbonyl (C=O) groups excluding carboxylic acids is 2. The highest BCUT2D eigenvalue weighted by molar-refractivity contribution is 8.01. The van der Waals surface area contributed by atoms with Crippen molar-refractivity contribution in [2.24, 2.45) is 0 Å². The van der Waals surface area contributed by atoms with E-state index < -0.39 is 0 Å². The van der Waals surface area contributed by atoms with Crippen molar-refractivity contribution in [1.82, 2.24) is 20.1 Å². The van der Waals surface area contributed by atoms with Crippen LogP contribution in [0.1, 0.15) is 13.8 Å². The van der Waals surface area contributed by atoms with Crippen LogP contribution in [-0.4, -0.2) is 50.9 Å². The third kappa shape index (κ3) is 5.15. The summed E-state index contributed by atoms with van der Waals surface area (Å²) in [5.41, 5.74) is 0.864. The summed E-state index contributed by atoms with van der Waals surface area (Å²) in [6.45, 7) is 5.06. The molecule has 0 spiro atoms. The summed E-state index contributed by atoms with van der Waals surface area (Å²) in [4.78, 5) is 30.2. The number of fused-ring (bicyclic) bond motifs is 1. The molecule has 3 aromatic rings. The number of amides is 3. The van der Waals surface area contributed by atoms with E-state index in [4.69, 9.17) is 0 Å². The Balaban J connectivity index is 1.50. The van der Waals surface area contributed by atoms with E-state index in [1.165, 1.54) is 34.4 Å². The van der Waals surface area contributed by atoms with Crippen molar-refractivity contribution in [2.75, 3.05) is 29.5 Å². The topological polar surface area (TPSA) is 100 Å². The van der Waals surface area contributed by atoms with Gasteiger partial charge in [-0.05, 0) is 26.0 Å². The van der Waals surface area contributed by atoms with Crippen molar-refractivity contribution >= 4 is 66.9 Å². The quantitative estimate of drug-likeness (QED) is 0.444. The predicted molar refractivity (Wildman–Crippen MR) is 111 cm³/mol. The van der Waals surface area contributed by atoms with Crippen LogP contribution in [0.15, 0.2) is 28.6 Å². The number of nitrogens with one attached hydrogen (secondary N) is 2. The van der Waals surface area contributed by atoms with Gasteiger partial charge in [0.15, 0.2) is 9.47 Å². The predicted octanol–water partition coefficient (Wildman–Crippen LogP) is 3.75. The van der Waals surface area contributed by atoms with Crippen LogP contribution in [0.4, 0.5) is 15.1 Å². The van der Waals surface area contributed by atoms with Gasteiger partial charge < -0.3 is 10.2 Å². The molecule has 11 heteroatoms. The lowest BCUT2D eigenvalue weighted by atomic mass is 10.3. The summed E-state index contributed by atoms with van der Waals surface area (Å²) < 4.78 is 1.64. The summed E-state index contributed by atoms with van der Waals surface area (Å²) in [7, 11) is 0. The number of carbonyl (C=O) groups is 2. The van der Waals surface area contributed by atoms with Gasteiger partial charge in [-0.3, -0.25) is 10.1 Å². The van der Waals surface area contributed by atoms with Crippen molar-refractivity contribution < 1.29 is 9.59 Å². The number of para-hydroxylation sites is 1. The van der Waals surface area contributed by atoms with Crippen molar-refractivity contribution in [2.45, 2.75) is 18.2 Å². The standard InChI is InChI=1S/C16H18N6O2S3/c1-3-22(4-2)15(24)19-14-20-21-16(27-14)25-9-12(23)18-13-17-10-7-5-6-8-11(10)26-13/h5-8H,3-4,9H2,1-2H3,(H,17,18,23)(H,19,20,24). The maximum Gasteiger partial charge on any atom is 0.323 e. The summed E-state index contributed by atoms with van der Waals surface area (Å²) in [5, 5.41) is 14.5. The molecule has 2 heterocycles. The second kappa shape index (κ2) is 9.11. The average Bonchev–Trinajstić information content (AvgIpc) is 3.27. The number of benzene rings is 1. The molecule has 0 saturated carbocycles. The molecule has 3 rings (SSSR count). The molecule has 0 saturated heterocycles. The molecule has 0 unspecified atom stereocenters. The molecule has 2 N–H and O–H groups in total. The van der Waals surface area contributed by atoms with Crippen LogP contribution in [0.2, 0.25) is 0 Å². The zero-order chi connectivity index (χ0) is 19.2. The van der Waals surface area contributed by atoms with E-state index in [-0.39, 0.29) is 17.7 Å². The summed E-state index contributed by atoms with van der Waals surface area (Å²) >= 11 is 3.94. The Kier molecular flexibility index (Phi) is 6.58. The Labute approximate surface area is 168 Å². The first-order valence-corrected chi connectivity index (χ1v) is 10.9. The molecule has 0 bridgehead atoms. The zero-order valence-electron chi connectivity index (χ0n) is 14.8. The Morgan fingerprint density at radius 1 is 1.07 bits per heavy atom. The third-order valence-electron chi connectivity index (χ3n) is 3.54. The Morgan fingerprint density at radius 2 is 1.85 bits per heavy atom. The van der Waals surface area contributed by atoms with Crippen LogP contribution in [0.3, 0.4) is 0 Å². The second-order valence-electron chi connectivity index (χ2n) is 5.30. The lowest BCUT2D eigenvalue weighted by Crippen LogP contribution is -2.34. The van der Waals surface area contributed by atoms with E-state index in [1.54, 1.807) is 4.90 Å². The highest BCUT2D eigenvalue weighted by atomic mass is 32.2. The molecular weight excluding hydrogens is 404 g/mol. The molecule has 2 aromatic heterocycles. The maximum atomic E-state index is 12.1. The van der Waals surface area contributed by atoms with Gasteiger partial charge in [-0.15, -0.1) is 10.2 Å². The number of aromatic nitrogens is 3. The van der Waals surface area contributed by atoms with Crippen LogP contribution in [-0.2, 0) is 4.79 Å². The van der Waals surface area contributed by atoms with Crippen LogP contribution in [0.25, 0.3) is 10.2 Å². The molecular formula is C16H18N6O2S3. The lowest BCUT2D eigenvalue weighted by molar-refractivity contribution is -0.113. The van der Waals surface area contributed by atoms with Gasteiger partial charge in [-0.2, -0.15) is 0 Å². The smallest absolute Gasteiger partial charge is 0.323 e. The van der Waals surface area contributed by atoms with E-state index >= 15 is 0 Å². The minimum atomic E-state index is -0.207. The Bertz CT molecular complexity index is 904. The minimum Gasteiger partial charge on any atom is -0.325 e. The van der Waals surface area contributed by atoms with Crippen LogP contribution in [0, 0.1) is 0 Å². The number of rotatable bonds is 7. The third-order valence-corrected chi connectivity index (χ3v) is 6.46. The van der Waals surface area contributed by atoms with Crippen molar-refractivity contribution in [3.63, 3.8) is 0 Å². The van der Waals surface area contributed by atoms with Gasteiger partial charge in [-0.25, -0.2) is 9.78 Å². The van der Waals surface area contributed by atoms with Crippen molar-refractivity contribution in [3.8, 4) is 0 Å².